The van der Waals surface area contributed by atoms with E-state index in [1.165, 1.54) is 45.6 Å². The van der Waals surface area contributed by atoms with Crippen LogP contribution in [0.25, 0.3) is 0 Å². The number of benzene rings is 1. The van der Waals surface area contributed by atoms with Crippen LogP contribution in [0.15, 0.2) is 65.7 Å². The molecule has 2 aliphatic rings. The molecule has 14 nitrogen and oxygen atoms in total. The number of carbonyl (C=O) groups is 1. The van der Waals surface area contributed by atoms with Gasteiger partial charge in [-0.1, -0.05) is 49.8 Å². The van der Waals surface area contributed by atoms with E-state index < -0.39 is 50.0 Å². The first kappa shape index (κ1) is 45.7. The van der Waals surface area contributed by atoms with Crippen molar-refractivity contribution in [2.45, 2.75) is 88.3 Å². The van der Waals surface area contributed by atoms with Gasteiger partial charge in [0.2, 0.25) is 5.75 Å². The van der Waals surface area contributed by atoms with Gasteiger partial charge in [0.05, 0.1) is 33.5 Å². The molecule has 0 amide bonds. The van der Waals surface area contributed by atoms with Gasteiger partial charge in [-0.25, -0.2) is 9.36 Å². The molecule has 1 saturated carbocycles. The molecule has 1 aromatic carbocycles. The number of cyclic esters (lactones) is 1. The zero-order valence-corrected chi connectivity index (χ0v) is 33.4. The molecule has 52 heavy (non-hydrogen) atoms. The molecule has 0 spiro atoms. The maximum Gasteiger partial charge on any atom is 1.00 e. The van der Waals surface area contributed by atoms with Gasteiger partial charge < -0.3 is 54.2 Å². The molecule has 0 bridgehead atoms. The summed E-state index contributed by atoms with van der Waals surface area (Å²) in [6.45, 7) is 1.58. The van der Waals surface area contributed by atoms with Gasteiger partial charge in [-0.15, -0.1) is 0 Å². The Labute approximate surface area is 327 Å². The minimum atomic E-state index is -5.23. The molecule has 16 heteroatoms. The van der Waals surface area contributed by atoms with Crippen LogP contribution in [0.4, 0.5) is 0 Å². The normalized spacial score (nSPS) is 23.6. The molecular weight excluding hydrogens is 708 g/mol. The fourth-order valence-corrected chi connectivity index (χ4v) is 6.76. The van der Waals surface area contributed by atoms with Crippen molar-refractivity contribution >= 4 is 19.7 Å². The predicted octanol–water partition coefficient (Wildman–Crippen LogP) is 0.0953. The second-order valence-corrected chi connectivity index (χ2v) is 13.8. The molecule has 1 fully saturated rings. The smallest absolute Gasteiger partial charge is 0.862 e. The largest absolute Gasteiger partial charge is 1.00 e. The van der Waals surface area contributed by atoms with Crippen molar-refractivity contribution in [2.24, 2.45) is 16.8 Å². The Balaban J connectivity index is 0.00000936. The van der Waals surface area contributed by atoms with Crippen LogP contribution in [0.5, 0.6) is 17.2 Å². The Kier molecular flexibility index (Phi) is 19.3. The van der Waals surface area contributed by atoms with Gasteiger partial charge in [-0.2, -0.15) is 0 Å². The second kappa shape index (κ2) is 22.0. The number of allylic oxidation sites excluding steroid dienone is 3. The first-order valence-corrected chi connectivity index (χ1v) is 18.5. The number of hydrogen-bond donors (Lipinski definition) is 5. The number of phosphoric acid groups is 1. The van der Waals surface area contributed by atoms with E-state index in [2.05, 4.69) is 4.99 Å². The third-order valence-electron chi connectivity index (χ3n) is 8.87. The molecule has 0 aromatic heterocycles. The minimum absolute atomic E-state index is 0. The van der Waals surface area contributed by atoms with Crippen LogP contribution in [0.2, 0.25) is 0 Å². The summed E-state index contributed by atoms with van der Waals surface area (Å²) in [6, 6.07) is 3.20. The van der Waals surface area contributed by atoms with E-state index in [9.17, 15) is 39.6 Å². The van der Waals surface area contributed by atoms with Crippen LogP contribution in [-0.2, 0) is 25.0 Å². The maximum atomic E-state index is 13.0. The summed E-state index contributed by atoms with van der Waals surface area (Å²) >= 11 is 0. The van der Waals surface area contributed by atoms with Crippen molar-refractivity contribution in [3.8, 4) is 17.2 Å². The molecule has 1 heterocycles. The zero-order chi connectivity index (χ0) is 37.6. The van der Waals surface area contributed by atoms with Crippen molar-refractivity contribution in [1.29, 1.82) is 0 Å². The van der Waals surface area contributed by atoms with Crippen molar-refractivity contribution < 1.29 is 92.6 Å². The molecule has 0 radical (unpaired) electrons. The molecule has 284 valence electrons. The maximum absolute atomic E-state index is 13.0. The van der Waals surface area contributed by atoms with Gasteiger partial charge in [-0.3, -0.25) is 4.52 Å². The van der Waals surface area contributed by atoms with Crippen LogP contribution in [0.3, 0.4) is 0 Å². The summed E-state index contributed by atoms with van der Waals surface area (Å²) in [5, 5.41) is 45.7. The number of phosphoric ester groups is 1. The van der Waals surface area contributed by atoms with Gasteiger partial charge in [0.25, 0.3) is 0 Å². The van der Waals surface area contributed by atoms with E-state index in [1.54, 1.807) is 30.4 Å². The molecule has 5 N–H and O–H groups in total. The molecule has 1 aromatic rings. The summed E-state index contributed by atoms with van der Waals surface area (Å²) < 4.78 is 38.6. The summed E-state index contributed by atoms with van der Waals surface area (Å²) in [6.07, 6.45) is 10.9. The van der Waals surface area contributed by atoms with Crippen molar-refractivity contribution in [3.05, 3.63) is 66.3 Å². The quantitative estimate of drug-likeness (QED) is 0.0241. The number of aliphatic hydroxyl groups is 3. The van der Waals surface area contributed by atoms with E-state index in [-0.39, 0.29) is 66.9 Å². The fraction of sp³-hybridized carbons (Fsp3) is 0.556. The number of aliphatic imine (C=N–C) groups is 1. The third kappa shape index (κ3) is 14.7. The average molecular weight is 760 g/mol. The minimum Gasteiger partial charge on any atom is -0.862 e. The number of hydrogen-bond acceptors (Lipinski definition) is 12. The van der Waals surface area contributed by atoms with Crippen molar-refractivity contribution in [1.82, 2.24) is 0 Å². The van der Waals surface area contributed by atoms with Crippen LogP contribution in [-0.4, -0.2) is 94.9 Å². The number of ether oxygens (including phenoxy) is 4. The predicted molar refractivity (Wildman–Crippen MR) is 187 cm³/mol. The Morgan fingerprint density at radius 2 is 1.83 bits per heavy atom. The van der Waals surface area contributed by atoms with Crippen LogP contribution in [0.1, 0.15) is 57.4 Å². The number of methoxy groups -OCH3 is 3. The van der Waals surface area contributed by atoms with Crippen LogP contribution < -0.4 is 48.9 Å². The van der Waals surface area contributed by atoms with E-state index >= 15 is 0 Å². The van der Waals surface area contributed by atoms with E-state index in [0.29, 0.717) is 35.7 Å². The SMILES string of the molecule is CC[C@H]1C=CC(=O)O[C@H]1/C=C/[C@](O)(CCN=C([O-])Cc1cc(OC)c(OC)c(OC)c1)[C@@H](C[C@@H](O)/C=C\C=C/[C@@H]1CCC[C@H](O)C1)OP(=O)(O)O.[Na+]. The van der Waals surface area contributed by atoms with E-state index in [4.69, 9.17) is 23.5 Å². The number of esters is 1. The summed E-state index contributed by atoms with van der Waals surface area (Å²) in [5.74, 6) is -0.174. The summed E-state index contributed by atoms with van der Waals surface area (Å²) in [7, 11) is -0.891. The molecule has 7 atom stereocenters. The van der Waals surface area contributed by atoms with Gasteiger partial charge in [-0.05, 0) is 61.3 Å². The van der Waals surface area contributed by atoms with Gasteiger partial charge in [0.15, 0.2) is 11.5 Å². The fourth-order valence-electron chi connectivity index (χ4n) is 6.16. The van der Waals surface area contributed by atoms with Gasteiger partial charge in [0.1, 0.15) is 17.8 Å². The van der Waals surface area contributed by atoms with Crippen LogP contribution in [0, 0.1) is 11.8 Å². The summed E-state index contributed by atoms with van der Waals surface area (Å²) in [5.41, 5.74) is -1.69. The van der Waals surface area contributed by atoms with Gasteiger partial charge in [0, 0.05) is 37.8 Å². The first-order valence-electron chi connectivity index (χ1n) is 16.9. The molecule has 1 aliphatic heterocycles. The first-order chi connectivity index (χ1) is 24.2. The number of rotatable bonds is 19. The molecule has 0 unspecified atom stereocenters. The Hall–Kier alpha value is -2.49. The second-order valence-electron chi connectivity index (χ2n) is 12.7. The van der Waals surface area contributed by atoms with Crippen molar-refractivity contribution in [2.75, 3.05) is 27.9 Å². The molecule has 0 saturated heterocycles. The number of nitrogens with zero attached hydrogens (tertiary/aromatic N) is 1. The zero-order valence-electron chi connectivity index (χ0n) is 30.5. The molecule has 3 rings (SSSR count). The Bertz CT molecular complexity index is 1470. The van der Waals surface area contributed by atoms with E-state index in [1.807, 2.05) is 13.0 Å². The van der Waals surface area contributed by atoms with Crippen molar-refractivity contribution in [3.63, 3.8) is 0 Å². The van der Waals surface area contributed by atoms with Gasteiger partial charge >= 0.3 is 43.3 Å². The van der Waals surface area contributed by atoms with E-state index in [0.717, 1.165) is 19.3 Å². The Morgan fingerprint density at radius 1 is 1.13 bits per heavy atom. The standard InChI is InChI=1S/C36H52NO13P.Na/c1-5-26-13-14-34(41)49-29(26)15-16-36(42,17-18-37-33(40)22-25-20-30(46-2)35(48-4)31(21-25)47-3)32(50-51(43,44)45)23-28(39)11-7-6-9-24-10-8-12-27(38)19-24;/h6-7,9,11,13-16,20-21,24,26-29,32,38-39,42H,5,8,10,12,17-19,22-23H2,1-4H3,(H,37,40)(H2,43,44,45);/q;+1/p-1/b9-6-,11-7-,16-15+;/t24-,26+,27+,28+,29+,32-,36+;/m1./s1. The topological polar surface area (TPSA) is 217 Å². The third-order valence-corrected chi connectivity index (χ3v) is 9.40. The van der Waals surface area contributed by atoms with Crippen LogP contribution >= 0.6 is 7.82 Å². The monoisotopic (exact) mass is 759 g/mol. The Morgan fingerprint density at radius 3 is 2.42 bits per heavy atom. The molecular formula is C36H51NNaO13P. The number of aliphatic hydroxyl groups excluding tert-OH is 2. The summed E-state index contributed by atoms with van der Waals surface area (Å²) in [4.78, 5) is 35.7. The molecule has 1 aliphatic carbocycles. The number of carbonyl (C=O) groups excluding carboxylic acids is 1. The average Bonchev–Trinajstić information content (AvgIpc) is 3.08.